The Labute approximate surface area is 71.5 Å². The van der Waals surface area contributed by atoms with Crippen molar-refractivity contribution in [2.24, 2.45) is 0 Å². The van der Waals surface area contributed by atoms with Crippen molar-refractivity contribution < 1.29 is 10.2 Å². The predicted molar refractivity (Wildman–Crippen MR) is 48.0 cm³/mol. The lowest BCUT2D eigenvalue weighted by Crippen LogP contribution is -1.98. The van der Waals surface area contributed by atoms with Gasteiger partial charge >= 0.3 is 0 Å². The topological polar surface area (TPSA) is 66.5 Å². The number of anilines is 1. The quantitative estimate of drug-likeness (QED) is 0.451. The summed E-state index contributed by atoms with van der Waals surface area (Å²) in [6.07, 6.45) is 0.486. The smallest absolute Gasteiger partial charge is 0.118 e. The molecule has 1 aromatic rings. The summed E-state index contributed by atoms with van der Waals surface area (Å²) < 4.78 is 0. The van der Waals surface area contributed by atoms with Crippen molar-refractivity contribution in [3.05, 3.63) is 23.3 Å². The van der Waals surface area contributed by atoms with Crippen LogP contribution in [0.3, 0.4) is 0 Å². The minimum absolute atomic E-state index is 0.0483. The molecule has 1 rings (SSSR count). The molecular weight excluding hydrogens is 154 g/mol. The van der Waals surface area contributed by atoms with E-state index in [1.54, 1.807) is 19.1 Å². The van der Waals surface area contributed by atoms with Crippen molar-refractivity contribution in [2.75, 3.05) is 12.3 Å². The van der Waals surface area contributed by atoms with Crippen LogP contribution in [0.25, 0.3) is 0 Å². The number of hydrogen-bond acceptors (Lipinski definition) is 3. The fraction of sp³-hybridized carbons (Fsp3) is 0.333. The number of nitrogens with two attached hydrogens (primary N) is 1. The van der Waals surface area contributed by atoms with E-state index in [0.717, 1.165) is 11.1 Å². The third-order valence-corrected chi connectivity index (χ3v) is 1.84. The molecule has 3 nitrogen and oxygen atoms in total. The largest absolute Gasteiger partial charge is 0.508 e. The molecule has 0 heterocycles. The average Bonchev–Trinajstić information content (AvgIpc) is 2.01. The van der Waals surface area contributed by atoms with Crippen LogP contribution in [0, 0.1) is 6.92 Å². The molecule has 0 bridgehead atoms. The van der Waals surface area contributed by atoms with Crippen LogP contribution in [0.5, 0.6) is 5.75 Å². The number of benzene rings is 1. The third kappa shape index (κ3) is 1.68. The highest BCUT2D eigenvalue weighted by Gasteiger charge is 2.02. The van der Waals surface area contributed by atoms with Crippen LogP contribution in [0.2, 0.25) is 0 Å². The first-order valence-electron chi connectivity index (χ1n) is 3.84. The van der Waals surface area contributed by atoms with Crippen molar-refractivity contribution >= 4 is 5.69 Å². The van der Waals surface area contributed by atoms with Gasteiger partial charge < -0.3 is 15.9 Å². The Balaban J connectivity index is 3.05. The van der Waals surface area contributed by atoms with E-state index in [1.807, 2.05) is 0 Å². The Bertz CT molecular complexity index is 284. The Kier molecular flexibility index (Phi) is 2.55. The maximum Gasteiger partial charge on any atom is 0.118 e. The van der Waals surface area contributed by atoms with E-state index in [2.05, 4.69) is 0 Å². The molecule has 66 valence electrons. The SMILES string of the molecule is Cc1cc(N)c(CCO)cc1O. The van der Waals surface area contributed by atoms with E-state index in [0.29, 0.717) is 12.1 Å². The van der Waals surface area contributed by atoms with Gasteiger partial charge in [0, 0.05) is 12.3 Å². The zero-order chi connectivity index (χ0) is 9.14. The number of phenols is 1. The molecule has 0 aliphatic rings. The molecule has 0 radical (unpaired) electrons. The second-order valence-corrected chi connectivity index (χ2v) is 2.81. The summed E-state index contributed by atoms with van der Waals surface area (Å²) in [5.74, 6) is 0.229. The standard InChI is InChI=1S/C9H13NO2/c1-6-4-8(10)7(2-3-11)5-9(6)12/h4-5,11-12H,2-3,10H2,1H3. The highest BCUT2D eigenvalue weighted by molar-refractivity contribution is 5.53. The summed E-state index contributed by atoms with van der Waals surface area (Å²) in [7, 11) is 0. The van der Waals surface area contributed by atoms with Gasteiger partial charge in [-0.1, -0.05) is 0 Å². The van der Waals surface area contributed by atoms with Crippen LogP contribution in [0.15, 0.2) is 12.1 Å². The van der Waals surface area contributed by atoms with Gasteiger partial charge in [0.25, 0.3) is 0 Å². The van der Waals surface area contributed by atoms with Crippen molar-refractivity contribution in [3.63, 3.8) is 0 Å². The van der Waals surface area contributed by atoms with Crippen molar-refractivity contribution in [2.45, 2.75) is 13.3 Å². The molecule has 0 saturated carbocycles. The maximum absolute atomic E-state index is 9.31. The molecule has 3 heteroatoms. The maximum atomic E-state index is 9.31. The van der Waals surface area contributed by atoms with Gasteiger partial charge in [-0.3, -0.25) is 0 Å². The summed E-state index contributed by atoms with van der Waals surface area (Å²) in [6, 6.07) is 3.31. The number of nitrogen functional groups attached to an aromatic ring is 1. The van der Waals surface area contributed by atoms with Gasteiger partial charge in [-0.2, -0.15) is 0 Å². The highest BCUT2D eigenvalue weighted by Crippen LogP contribution is 2.23. The molecule has 0 spiro atoms. The van der Waals surface area contributed by atoms with Gasteiger partial charge in [0.05, 0.1) is 0 Å². The van der Waals surface area contributed by atoms with E-state index in [-0.39, 0.29) is 12.4 Å². The van der Waals surface area contributed by atoms with E-state index in [9.17, 15) is 5.11 Å². The number of hydrogen-bond donors (Lipinski definition) is 3. The fourth-order valence-corrected chi connectivity index (χ4v) is 1.10. The highest BCUT2D eigenvalue weighted by atomic mass is 16.3. The van der Waals surface area contributed by atoms with Crippen LogP contribution in [-0.2, 0) is 6.42 Å². The molecule has 0 unspecified atom stereocenters. The summed E-state index contributed by atoms with van der Waals surface area (Å²) in [5.41, 5.74) is 7.83. The lowest BCUT2D eigenvalue weighted by molar-refractivity contribution is 0.299. The van der Waals surface area contributed by atoms with Crippen molar-refractivity contribution in [3.8, 4) is 5.75 Å². The van der Waals surface area contributed by atoms with Crippen LogP contribution in [0.1, 0.15) is 11.1 Å². The minimum Gasteiger partial charge on any atom is -0.508 e. The second kappa shape index (κ2) is 3.45. The van der Waals surface area contributed by atoms with Gasteiger partial charge in [-0.05, 0) is 36.6 Å². The molecule has 0 saturated heterocycles. The number of aliphatic hydroxyl groups excluding tert-OH is 1. The van der Waals surface area contributed by atoms with Gasteiger partial charge in [0.2, 0.25) is 0 Å². The monoisotopic (exact) mass is 167 g/mol. The number of aliphatic hydroxyl groups is 1. The molecule has 0 aliphatic heterocycles. The molecule has 0 amide bonds. The molecule has 12 heavy (non-hydrogen) atoms. The molecule has 0 aromatic heterocycles. The second-order valence-electron chi connectivity index (χ2n) is 2.81. The minimum atomic E-state index is 0.0483. The van der Waals surface area contributed by atoms with E-state index >= 15 is 0 Å². The third-order valence-electron chi connectivity index (χ3n) is 1.84. The lowest BCUT2D eigenvalue weighted by atomic mass is 10.1. The Morgan fingerprint density at radius 1 is 1.42 bits per heavy atom. The average molecular weight is 167 g/mol. The first-order chi connectivity index (χ1) is 5.65. The summed E-state index contributed by atoms with van der Waals surface area (Å²) in [5, 5.41) is 18.0. The molecular formula is C9H13NO2. The molecule has 0 fully saturated rings. The normalized spacial score (nSPS) is 10.2. The van der Waals surface area contributed by atoms with Crippen LogP contribution < -0.4 is 5.73 Å². The zero-order valence-corrected chi connectivity index (χ0v) is 7.04. The van der Waals surface area contributed by atoms with Gasteiger partial charge in [0.1, 0.15) is 5.75 Å². The predicted octanol–water partition coefficient (Wildman–Crippen LogP) is 0.818. The van der Waals surface area contributed by atoms with E-state index in [1.165, 1.54) is 0 Å². The first-order valence-corrected chi connectivity index (χ1v) is 3.84. The van der Waals surface area contributed by atoms with Crippen LogP contribution >= 0.6 is 0 Å². The Morgan fingerprint density at radius 3 is 2.67 bits per heavy atom. The summed E-state index contributed by atoms with van der Waals surface area (Å²) >= 11 is 0. The van der Waals surface area contributed by atoms with E-state index < -0.39 is 0 Å². The number of aryl methyl sites for hydroxylation is 1. The molecule has 0 atom stereocenters. The fourth-order valence-electron chi connectivity index (χ4n) is 1.10. The van der Waals surface area contributed by atoms with Gasteiger partial charge in [-0.25, -0.2) is 0 Å². The first kappa shape index (κ1) is 8.87. The number of rotatable bonds is 2. The van der Waals surface area contributed by atoms with Gasteiger partial charge in [0.15, 0.2) is 0 Å². The Morgan fingerprint density at radius 2 is 2.08 bits per heavy atom. The van der Waals surface area contributed by atoms with E-state index in [4.69, 9.17) is 10.8 Å². The van der Waals surface area contributed by atoms with Crippen molar-refractivity contribution in [1.82, 2.24) is 0 Å². The molecule has 0 aliphatic carbocycles. The van der Waals surface area contributed by atoms with Gasteiger partial charge in [-0.15, -0.1) is 0 Å². The summed E-state index contributed by atoms with van der Waals surface area (Å²) in [6.45, 7) is 1.83. The molecule has 4 N–H and O–H groups in total. The lowest BCUT2D eigenvalue weighted by Gasteiger charge is -2.06. The molecule has 1 aromatic carbocycles. The van der Waals surface area contributed by atoms with Crippen LogP contribution in [0.4, 0.5) is 5.69 Å². The van der Waals surface area contributed by atoms with Crippen LogP contribution in [-0.4, -0.2) is 16.8 Å². The number of aromatic hydroxyl groups is 1. The zero-order valence-electron chi connectivity index (χ0n) is 7.04. The summed E-state index contributed by atoms with van der Waals surface area (Å²) in [4.78, 5) is 0. The number of phenolic OH excluding ortho intramolecular Hbond substituents is 1. The van der Waals surface area contributed by atoms with Crippen molar-refractivity contribution in [1.29, 1.82) is 0 Å². The Hall–Kier alpha value is -1.22.